The van der Waals surface area contributed by atoms with E-state index in [9.17, 15) is 9.59 Å². The molecule has 0 aliphatic carbocycles. The zero-order chi connectivity index (χ0) is 11.0. The summed E-state index contributed by atoms with van der Waals surface area (Å²) in [6, 6.07) is 0. The number of esters is 1. The summed E-state index contributed by atoms with van der Waals surface area (Å²) < 4.78 is 4.80. The molecule has 0 aromatic carbocycles. The second-order valence-electron chi connectivity index (χ2n) is 2.86. The van der Waals surface area contributed by atoms with Crippen molar-refractivity contribution in [2.24, 2.45) is 5.90 Å². The Bertz CT molecular complexity index is 225. The minimum absolute atomic E-state index is 0.237. The molecule has 5 heteroatoms. The average Bonchev–Trinajstić information content (AvgIpc) is 2.16. The van der Waals surface area contributed by atoms with Gasteiger partial charge in [0.05, 0.1) is 6.61 Å². The molecule has 0 rings (SSSR count). The van der Waals surface area contributed by atoms with Gasteiger partial charge in [0.2, 0.25) is 0 Å². The Labute approximate surface area is 82.8 Å². The lowest BCUT2D eigenvalue weighted by Crippen LogP contribution is -2.10. The van der Waals surface area contributed by atoms with E-state index in [4.69, 9.17) is 4.74 Å². The van der Waals surface area contributed by atoms with Gasteiger partial charge in [-0.2, -0.15) is 5.90 Å². The van der Waals surface area contributed by atoms with E-state index < -0.39 is 11.9 Å². The number of hydrogen-bond donors (Lipinski definition) is 1. The first-order chi connectivity index (χ1) is 6.57. The van der Waals surface area contributed by atoms with Crippen molar-refractivity contribution in [2.75, 3.05) is 6.61 Å². The van der Waals surface area contributed by atoms with E-state index in [2.05, 4.69) is 17.3 Å². The van der Waals surface area contributed by atoms with Crippen LogP contribution in [0, 0.1) is 0 Å². The summed E-state index contributed by atoms with van der Waals surface area (Å²) in [4.78, 5) is 25.4. The lowest BCUT2D eigenvalue weighted by molar-refractivity contribution is -0.144. The molecular weight excluding hydrogens is 186 g/mol. The molecule has 14 heavy (non-hydrogen) atoms. The minimum Gasteiger partial charge on any atom is -0.462 e. The fourth-order valence-corrected chi connectivity index (χ4v) is 0.718. The van der Waals surface area contributed by atoms with Crippen molar-refractivity contribution in [3.05, 3.63) is 12.2 Å². The van der Waals surface area contributed by atoms with E-state index in [1.54, 1.807) is 6.92 Å². The van der Waals surface area contributed by atoms with Gasteiger partial charge in [-0.3, -0.25) is 4.79 Å². The summed E-state index contributed by atoms with van der Waals surface area (Å²) in [5.41, 5.74) is 0.367. The topological polar surface area (TPSA) is 78.6 Å². The van der Waals surface area contributed by atoms with Crippen LogP contribution in [0.1, 0.15) is 26.2 Å². The predicted octanol–water partition coefficient (Wildman–Crippen LogP) is 0.693. The summed E-state index contributed by atoms with van der Waals surface area (Å²) in [6.45, 7) is 5.29. The predicted molar refractivity (Wildman–Crippen MR) is 49.9 cm³/mol. The highest BCUT2D eigenvalue weighted by Gasteiger charge is 2.03. The van der Waals surface area contributed by atoms with Crippen LogP contribution in [0.5, 0.6) is 0 Å². The summed E-state index contributed by atoms with van der Waals surface area (Å²) in [5.74, 6) is 3.76. The van der Waals surface area contributed by atoms with Gasteiger partial charge in [0.1, 0.15) is 0 Å². The maximum absolute atomic E-state index is 10.9. The Morgan fingerprint density at radius 3 is 2.50 bits per heavy atom. The van der Waals surface area contributed by atoms with Gasteiger partial charge < -0.3 is 9.57 Å². The summed E-state index contributed by atoms with van der Waals surface area (Å²) in [5, 5.41) is 0. The van der Waals surface area contributed by atoms with Gasteiger partial charge in [-0.25, -0.2) is 4.79 Å². The van der Waals surface area contributed by atoms with E-state index >= 15 is 0 Å². The van der Waals surface area contributed by atoms with Crippen LogP contribution >= 0.6 is 0 Å². The molecule has 0 saturated heterocycles. The lowest BCUT2D eigenvalue weighted by atomic mass is 10.2. The van der Waals surface area contributed by atoms with Crippen LogP contribution in [-0.2, 0) is 19.2 Å². The van der Waals surface area contributed by atoms with Crippen LogP contribution in [0.3, 0.4) is 0 Å². The van der Waals surface area contributed by atoms with Crippen LogP contribution in [0.4, 0.5) is 0 Å². The van der Waals surface area contributed by atoms with Crippen molar-refractivity contribution in [3.63, 3.8) is 0 Å². The molecule has 5 nitrogen and oxygen atoms in total. The highest BCUT2D eigenvalue weighted by Crippen LogP contribution is 1.99. The molecule has 0 aromatic rings. The number of rotatable bonds is 6. The largest absolute Gasteiger partial charge is 0.462 e. The van der Waals surface area contributed by atoms with Crippen molar-refractivity contribution >= 4 is 11.9 Å². The van der Waals surface area contributed by atoms with E-state index in [0.29, 0.717) is 18.4 Å². The third-order valence-electron chi connectivity index (χ3n) is 1.49. The Hall–Kier alpha value is -1.36. The molecule has 0 aliphatic heterocycles. The highest BCUT2D eigenvalue weighted by atomic mass is 16.7. The quantitative estimate of drug-likeness (QED) is 0.296. The first-order valence-corrected chi connectivity index (χ1v) is 4.30. The van der Waals surface area contributed by atoms with Crippen LogP contribution in [0.25, 0.3) is 0 Å². The zero-order valence-corrected chi connectivity index (χ0v) is 8.25. The van der Waals surface area contributed by atoms with Gasteiger partial charge in [0.25, 0.3) is 0 Å². The van der Waals surface area contributed by atoms with Crippen LogP contribution in [-0.4, -0.2) is 18.5 Å². The molecule has 80 valence electrons. The minimum atomic E-state index is -0.462. The van der Waals surface area contributed by atoms with Crippen molar-refractivity contribution in [3.8, 4) is 0 Å². The third-order valence-corrected chi connectivity index (χ3v) is 1.49. The maximum atomic E-state index is 10.9. The molecule has 0 heterocycles. The second kappa shape index (κ2) is 7.08. The average molecular weight is 201 g/mol. The van der Waals surface area contributed by atoms with Crippen LogP contribution in [0.15, 0.2) is 12.2 Å². The van der Waals surface area contributed by atoms with Gasteiger partial charge in [0, 0.05) is 12.0 Å². The molecule has 0 radical (unpaired) electrons. The molecule has 0 atom stereocenters. The Morgan fingerprint density at radius 2 is 2.00 bits per heavy atom. The second-order valence-corrected chi connectivity index (χ2v) is 2.86. The van der Waals surface area contributed by atoms with Gasteiger partial charge in [-0.05, 0) is 19.8 Å². The fourth-order valence-electron chi connectivity index (χ4n) is 0.718. The Kier molecular flexibility index (Phi) is 6.39. The summed E-state index contributed by atoms with van der Waals surface area (Å²) in [7, 11) is 0. The molecule has 0 aromatic heterocycles. The van der Waals surface area contributed by atoms with Gasteiger partial charge in [-0.15, -0.1) is 0 Å². The lowest BCUT2D eigenvalue weighted by Gasteiger charge is -2.03. The maximum Gasteiger partial charge on any atom is 0.333 e. The van der Waals surface area contributed by atoms with E-state index in [1.165, 1.54) is 0 Å². The highest BCUT2D eigenvalue weighted by molar-refractivity contribution is 5.86. The Balaban J connectivity index is 3.34. The number of carbonyl (C=O) groups excluding carboxylic acids is 2. The fraction of sp³-hybridized carbons (Fsp3) is 0.556. The first kappa shape index (κ1) is 12.6. The SMILES string of the molecule is C=C(C)C(=O)OCCCCC(=O)ON. The van der Waals surface area contributed by atoms with Gasteiger partial charge in [0.15, 0.2) is 0 Å². The molecule has 0 spiro atoms. The molecular formula is C9H15NO4. The monoisotopic (exact) mass is 201 g/mol. The number of unbranched alkanes of at least 4 members (excludes halogenated alkanes) is 1. The van der Waals surface area contributed by atoms with Gasteiger partial charge >= 0.3 is 11.9 Å². The van der Waals surface area contributed by atoms with E-state index in [0.717, 1.165) is 0 Å². The zero-order valence-electron chi connectivity index (χ0n) is 8.25. The molecule has 0 saturated carbocycles. The van der Waals surface area contributed by atoms with Crippen molar-refractivity contribution in [1.82, 2.24) is 0 Å². The normalized spacial score (nSPS) is 9.29. The molecule has 0 aliphatic rings. The molecule has 0 fully saturated rings. The molecule has 2 N–H and O–H groups in total. The third kappa shape index (κ3) is 6.19. The van der Waals surface area contributed by atoms with Crippen LogP contribution < -0.4 is 5.90 Å². The number of carbonyl (C=O) groups is 2. The van der Waals surface area contributed by atoms with Crippen molar-refractivity contribution < 1.29 is 19.2 Å². The summed E-state index contributed by atoms with van der Waals surface area (Å²) in [6.07, 6.45) is 1.43. The van der Waals surface area contributed by atoms with E-state index in [-0.39, 0.29) is 13.0 Å². The first-order valence-electron chi connectivity index (χ1n) is 4.30. The molecule has 0 amide bonds. The molecule has 0 unspecified atom stereocenters. The Morgan fingerprint density at radius 1 is 1.36 bits per heavy atom. The smallest absolute Gasteiger partial charge is 0.333 e. The van der Waals surface area contributed by atoms with E-state index in [1.807, 2.05) is 0 Å². The van der Waals surface area contributed by atoms with Crippen molar-refractivity contribution in [1.29, 1.82) is 0 Å². The molecule has 0 bridgehead atoms. The number of nitrogens with two attached hydrogens (primary N) is 1. The van der Waals surface area contributed by atoms with Gasteiger partial charge in [-0.1, -0.05) is 6.58 Å². The standard InChI is InChI=1S/C9H15NO4/c1-7(2)9(12)13-6-4-3-5-8(11)14-10/h1,3-6,10H2,2H3. The summed E-state index contributed by atoms with van der Waals surface area (Å²) >= 11 is 0. The number of hydrogen-bond acceptors (Lipinski definition) is 5. The van der Waals surface area contributed by atoms with Crippen LogP contribution in [0.2, 0.25) is 0 Å². The van der Waals surface area contributed by atoms with Crippen molar-refractivity contribution in [2.45, 2.75) is 26.2 Å². The number of ether oxygens (including phenoxy) is 1.